The highest BCUT2D eigenvalue weighted by atomic mass is 16.6. The van der Waals surface area contributed by atoms with Gasteiger partial charge in [-0.05, 0) is 32.6 Å². The average molecular weight is 266 g/mol. The summed E-state index contributed by atoms with van der Waals surface area (Å²) in [5.74, 6) is -3.19. The van der Waals surface area contributed by atoms with Crippen LogP contribution in [0.3, 0.4) is 0 Å². The van der Waals surface area contributed by atoms with E-state index in [4.69, 9.17) is 4.74 Å². The first-order valence-corrected chi connectivity index (χ1v) is 6.62. The number of aldehydes is 1. The van der Waals surface area contributed by atoms with E-state index in [0.717, 1.165) is 19.3 Å². The second-order valence-electron chi connectivity index (χ2n) is 5.18. The fourth-order valence-electron chi connectivity index (χ4n) is 2.32. The Morgan fingerprint density at radius 1 is 1.53 bits per heavy atom. The van der Waals surface area contributed by atoms with Crippen LogP contribution in [0.1, 0.15) is 39.5 Å². The number of Topliss-reactive ketones (excluding diaryl/α,β-unsaturated/α-hetero) is 1. The minimum Gasteiger partial charge on any atom is -0.359 e. The Kier molecular flexibility index (Phi) is 5.63. The van der Waals surface area contributed by atoms with Gasteiger partial charge in [0.1, 0.15) is 0 Å². The largest absolute Gasteiger partial charge is 0.359 e. The van der Waals surface area contributed by atoms with Crippen LogP contribution in [0, 0.1) is 5.92 Å². The number of ketones is 1. The summed E-state index contributed by atoms with van der Waals surface area (Å²) >= 11 is 0. The van der Waals surface area contributed by atoms with Gasteiger partial charge >= 0.3 is 0 Å². The van der Waals surface area contributed by atoms with Crippen molar-refractivity contribution >= 4 is 12.1 Å². The molecule has 3 atom stereocenters. The molecule has 0 aliphatic carbocycles. The zero-order chi connectivity index (χ0) is 14.5. The van der Waals surface area contributed by atoms with Gasteiger partial charge in [0.05, 0.1) is 6.10 Å². The Labute approximate surface area is 114 Å². The molecule has 0 radical (unpaired) electrons. The van der Waals surface area contributed by atoms with Crippen molar-refractivity contribution < 1.29 is 19.4 Å². The maximum Gasteiger partial charge on any atom is 0.254 e. The molecule has 1 rings (SSSR count). The number of hydrogen-bond donors (Lipinski definition) is 1. The molecule has 1 saturated heterocycles. The Hall–Kier alpha value is -1.26. The van der Waals surface area contributed by atoms with Crippen LogP contribution in [0.5, 0.6) is 0 Å². The molecule has 0 saturated carbocycles. The van der Waals surface area contributed by atoms with Crippen LogP contribution in [-0.4, -0.2) is 29.1 Å². The summed E-state index contributed by atoms with van der Waals surface area (Å²) in [7, 11) is 0. The third kappa shape index (κ3) is 3.85. The lowest BCUT2D eigenvalue weighted by atomic mass is 9.86. The van der Waals surface area contributed by atoms with E-state index in [9.17, 15) is 14.7 Å². The number of carbonyl (C=O) groups is 2. The van der Waals surface area contributed by atoms with Gasteiger partial charge in [0, 0.05) is 5.92 Å². The summed E-state index contributed by atoms with van der Waals surface area (Å²) in [5, 5.41) is 10.2. The van der Waals surface area contributed by atoms with E-state index in [2.05, 4.69) is 6.58 Å². The smallest absolute Gasteiger partial charge is 0.254 e. The molecule has 1 aliphatic heterocycles. The fourth-order valence-corrected chi connectivity index (χ4v) is 2.32. The number of carbonyl (C=O) groups excluding carboxylic acids is 2. The molecule has 0 aromatic rings. The molecule has 1 N–H and O–H groups in total. The van der Waals surface area contributed by atoms with Crippen molar-refractivity contribution in [2.24, 2.45) is 5.92 Å². The third-order valence-corrected chi connectivity index (χ3v) is 3.66. The Bertz CT molecular complexity index is 386. The van der Waals surface area contributed by atoms with Crippen LogP contribution < -0.4 is 0 Å². The third-order valence-electron chi connectivity index (χ3n) is 3.66. The van der Waals surface area contributed by atoms with Gasteiger partial charge in [0.15, 0.2) is 6.29 Å². The Morgan fingerprint density at radius 3 is 2.79 bits per heavy atom. The topological polar surface area (TPSA) is 63.6 Å². The van der Waals surface area contributed by atoms with Crippen LogP contribution in [0.15, 0.2) is 24.3 Å². The van der Waals surface area contributed by atoms with Gasteiger partial charge in [0.2, 0.25) is 5.79 Å². The summed E-state index contributed by atoms with van der Waals surface area (Å²) in [6, 6.07) is 0. The average Bonchev–Trinajstić information content (AvgIpc) is 2.39. The van der Waals surface area contributed by atoms with Crippen LogP contribution >= 0.6 is 0 Å². The first kappa shape index (κ1) is 15.8. The van der Waals surface area contributed by atoms with E-state index in [1.807, 2.05) is 13.0 Å². The van der Waals surface area contributed by atoms with Crippen LogP contribution in [-0.2, 0) is 14.3 Å². The predicted molar refractivity (Wildman–Crippen MR) is 72.5 cm³/mol. The molecule has 1 heterocycles. The molecule has 0 spiro atoms. The number of allylic oxidation sites excluding steroid dienone is 3. The van der Waals surface area contributed by atoms with Gasteiger partial charge in [-0.2, -0.15) is 0 Å². The first-order chi connectivity index (χ1) is 8.93. The van der Waals surface area contributed by atoms with Gasteiger partial charge in [-0.15, -0.1) is 0 Å². The van der Waals surface area contributed by atoms with Gasteiger partial charge in [-0.25, -0.2) is 0 Å². The monoisotopic (exact) mass is 266 g/mol. The summed E-state index contributed by atoms with van der Waals surface area (Å²) in [6.07, 6.45) is 6.59. The lowest BCUT2D eigenvalue weighted by molar-refractivity contribution is -0.261. The standard InChI is InChI=1S/C15H22O4/c1-4-5-11(2)6-8-13-9-7-12(3)15(18,19-13)14(17)10-16/h4-5,10,12-13,18H,1,6-9H2,2-3H3/b11-5+/t12-,13-,15-/m1/s1. The van der Waals surface area contributed by atoms with Crippen LogP contribution in [0.25, 0.3) is 0 Å². The molecule has 0 unspecified atom stereocenters. The number of ether oxygens (including phenoxy) is 1. The van der Waals surface area contributed by atoms with E-state index < -0.39 is 11.6 Å². The highest BCUT2D eigenvalue weighted by molar-refractivity contribution is 6.28. The molecule has 0 aromatic carbocycles. The predicted octanol–water partition coefficient (Wildman–Crippen LogP) is 2.17. The molecular formula is C15H22O4. The Morgan fingerprint density at radius 2 is 2.21 bits per heavy atom. The summed E-state index contributed by atoms with van der Waals surface area (Å²) < 4.78 is 5.49. The van der Waals surface area contributed by atoms with E-state index in [-0.39, 0.29) is 18.3 Å². The lowest BCUT2D eigenvalue weighted by Crippen LogP contribution is -2.53. The second-order valence-corrected chi connectivity index (χ2v) is 5.18. The van der Waals surface area contributed by atoms with Gasteiger partial charge < -0.3 is 9.84 Å². The van der Waals surface area contributed by atoms with E-state index in [1.165, 1.54) is 5.57 Å². The molecule has 1 aliphatic rings. The molecule has 0 bridgehead atoms. The van der Waals surface area contributed by atoms with E-state index in [0.29, 0.717) is 6.42 Å². The van der Waals surface area contributed by atoms with Gasteiger partial charge in [-0.3, -0.25) is 9.59 Å². The summed E-state index contributed by atoms with van der Waals surface area (Å²) in [6.45, 7) is 7.35. The number of aliphatic hydroxyl groups is 1. The second kappa shape index (κ2) is 6.78. The molecule has 4 nitrogen and oxygen atoms in total. The lowest BCUT2D eigenvalue weighted by Gasteiger charge is -2.39. The molecular weight excluding hydrogens is 244 g/mol. The molecule has 1 fully saturated rings. The van der Waals surface area contributed by atoms with E-state index >= 15 is 0 Å². The van der Waals surface area contributed by atoms with E-state index in [1.54, 1.807) is 13.0 Å². The highest BCUT2D eigenvalue weighted by Crippen LogP contribution is 2.34. The van der Waals surface area contributed by atoms with Crippen LogP contribution in [0.4, 0.5) is 0 Å². The molecule has 19 heavy (non-hydrogen) atoms. The van der Waals surface area contributed by atoms with Crippen molar-refractivity contribution in [2.45, 2.75) is 51.4 Å². The van der Waals surface area contributed by atoms with Crippen molar-refractivity contribution in [1.29, 1.82) is 0 Å². The Balaban J connectivity index is 2.64. The van der Waals surface area contributed by atoms with Crippen molar-refractivity contribution in [3.63, 3.8) is 0 Å². The summed E-state index contributed by atoms with van der Waals surface area (Å²) in [4.78, 5) is 22.1. The summed E-state index contributed by atoms with van der Waals surface area (Å²) in [5.41, 5.74) is 1.17. The SMILES string of the molecule is C=C/C=C(\C)CC[C@@H]1CC[C@@H](C)[C@](O)(C(=O)C=O)O1. The normalized spacial score (nSPS) is 31.8. The van der Waals surface area contributed by atoms with Crippen molar-refractivity contribution in [3.8, 4) is 0 Å². The van der Waals surface area contributed by atoms with Crippen molar-refractivity contribution in [1.82, 2.24) is 0 Å². The number of rotatable bonds is 6. The molecule has 0 aromatic heterocycles. The maximum absolute atomic E-state index is 11.5. The minimum atomic E-state index is -1.94. The molecule has 0 amide bonds. The van der Waals surface area contributed by atoms with Gasteiger partial charge in [0.25, 0.3) is 5.78 Å². The number of hydrogen-bond acceptors (Lipinski definition) is 4. The van der Waals surface area contributed by atoms with Crippen molar-refractivity contribution in [2.75, 3.05) is 0 Å². The quantitative estimate of drug-likeness (QED) is 0.454. The van der Waals surface area contributed by atoms with Gasteiger partial charge in [-0.1, -0.05) is 31.2 Å². The minimum absolute atomic E-state index is 0.141. The van der Waals surface area contributed by atoms with Crippen LogP contribution in [0.2, 0.25) is 0 Å². The highest BCUT2D eigenvalue weighted by Gasteiger charge is 2.47. The molecule has 106 valence electrons. The zero-order valence-corrected chi connectivity index (χ0v) is 11.6. The first-order valence-electron chi connectivity index (χ1n) is 6.62. The van der Waals surface area contributed by atoms with Crippen molar-refractivity contribution in [3.05, 3.63) is 24.3 Å². The maximum atomic E-state index is 11.5. The fraction of sp³-hybridized carbons (Fsp3) is 0.600. The zero-order valence-electron chi connectivity index (χ0n) is 11.6. The molecule has 4 heteroatoms.